The first-order valence-electron chi connectivity index (χ1n) is 8.65. The third-order valence-corrected chi connectivity index (χ3v) is 3.90. The molecule has 1 unspecified atom stereocenters. The number of benzene rings is 1. The van der Waals surface area contributed by atoms with E-state index in [4.69, 9.17) is 4.74 Å². The lowest BCUT2D eigenvalue weighted by molar-refractivity contribution is 0.302. The van der Waals surface area contributed by atoms with Crippen molar-refractivity contribution in [3.8, 4) is 5.75 Å². The predicted molar refractivity (Wildman–Crippen MR) is 92.1 cm³/mol. The van der Waals surface area contributed by atoms with Gasteiger partial charge in [0, 0.05) is 6.04 Å². The first kappa shape index (κ1) is 18.0. The van der Waals surface area contributed by atoms with E-state index in [1.165, 1.54) is 43.2 Å². The average Bonchev–Trinajstić information content (AvgIpc) is 2.49. The van der Waals surface area contributed by atoms with Crippen molar-refractivity contribution >= 4 is 0 Å². The molecule has 2 heteroatoms. The molecule has 0 aliphatic heterocycles. The van der Waals surface area contributed by atoms with Gasteiger partial charge in [-0.15, -0.1) is 0 Å². The Morgan fingerprint density at radius 3 is 2.48 bits per heavy atom. The summed E-state index contributed by atoms with van der Waals surface area (Å²) in [5.74, 6) is 1.04. The summed E-state index contributed by atoms with van der Waals surface area (Å²) in [6, 6.07) is 6.97. The summed E-state index contributed by atoms with van der Waals surface area (Å²) >= 11 is 0. The number of hydrogen-bond donors (Lipinski definition) is 1. The molecule has 0 heterocycles. The van der Waals surface area contributed by atoms with Crippen LogP contribution in [0.25, 0.3) is 0 Å². The van der Waals surface area contributed by atoms with E-state index in [1.807, 2.05) is 0 Å². The van der Waals surface area contributed by atoms with Crippen LogP contribution in [-0.2, 0) is 0 Å². The minimum absolute atomic E-state index is 0.409. The summed E-state index contributed by atoms with van der Waals surface area (Å²) in [5, 5.41) is 3.53. The topological polar surface area (TPSA) is 21.3 Å². The fourth-order valence-electron chi connectivity index (χ4n) is 2.47. The van der Waals surface area contributed by atoms with Crippen molar-refractivity contribution < 1.29 is 4.74 Å². The zero-order valence-corrected chi connectivity index (χ0v) is 14.4. The number of rotatable bonds is 11. The summed E-state index contributed by atoms with van der Waals surface area (Å²) < 4.78 is 5.91. The van der Waals surface area contributed by atoms with Gasteiger partial charge in [0.1, 0.15) is 5.75 Å². The number of hydrogen-bond acceptors (Lipinski definition) is 2. The molecule has 2 nitrogen and oxygen atoms in total. The highest BCUT2D eigenvalue weighted by atomic mass is 16.5. The standard InChI is InChI=1S/C19H33NO/c1-5-7-8-9-10-14-21-19-12-11-18(15-16(19)3)17(4)20-13-6-2/h11-12,15,17,20H,5-10,13-14H2,1-4H3. The molecule has 0 aliphatic carbocycles. The first-order chi connectivity index (χ1) is 10.2. The summed E-state index contributed by atoms with van der Waals surface area (Å²) in [6.07, 6.45) is 7.58. The zero-order valence-electron chi connectivity index (χ0n) is 14.4. The summed E-state index contributed by atoms with van der Waals surface area (Å²) in [4.78, 5) is 0. The molecule has 0 saturated carbocycles. The predicted octanol–water partition coefficient (Wildman–Crippen LogP) is 5.40. The SMILES string of the molecule is CCCCCCCOc1ccc(C(C)NCCC)cc1C. The van der Waals surface area contributed by atoms with Gasteiger partial charge in [-0.25, -0.2) is 0 Å². The van der Waals surface area contributed by atoms with E-state index in [0.717, 1.165) is 25.3 Å². The van der Waals surface area contributed by atoms with Crippen LogP contribution in [0.5, 0.6) is 5.75 Å². The van der Waals surface area contributed by atoms with Crippen LogP contribution >= 0.6 is 0 Å². The van der Waals surface area contributed by atoms with Crippen LogP contribution in [0.1, 0.15) is 76.5 Å². The number of aryl methyl sites for hydroxylation is 1. The van der Waals surface area contributed by atoms with Crippen LogP contribution in [0.4, 0.5) is 0 Å². The second kappa shape index (κ2) is 10.7. The summed E-state index contributed by atoms with van der Waals surface area (Å²) in [7, 11) is 0. The Labute approximate surface area is 131 Å². The van der Waals surface area contributed by atoms with Crippen molar-refractivity contribution in [1.29, 1.82) is 0 Å². The van der Waals surface area contributed by atoms with E-state index in [9.17, 15) is 0 Å². The average molecular weight is 291 g/mol. The van der Waals surface area contributed by atoms with Gasteiger partial charge in [0.05, 0.1) is 6.61 Å². The molecule has 1 rings (SSSR count). The number of nitrogens with one attached hydrogen (secondary N) is 1. The molecule has 0 bridgehead atoms. The Morgan fingerprint density at radius 1 is 1.05 bits per heavy atom. The Balaban J connectivity index is 2.39. The van der Waals surface area contributed by atoms with Crippen molar-refractivity contribution in [3.63, 3.8) is 0 Å². The largest absolute Gasteiger partial charge is 0.493 e. The highest BCUT2D eigenvalue weighted by Crippen LogP contribution is 2.23. The second-order valence-corrected chi connectivity index (χ2v) is 5.96. The maximum absolute atomic E-state index is 5.91. The van der Waals surface area contributed by atoms with E-state index >= 15 is 0 Å². The van der Waals surface area contributed by atoms with Crippen molar-refractivity contribution in [3.05, 3.63) is 29.3 Å². The minimum Gasteiger partial charge on any atom is -0.493 e. The monoisotopic (exact) mass is 291 g/mol. The molecule has 0 radical (unpaired) electrons. The Kier molecular flexibility index (Phi) is 9.16. The summed E-state index contributed by atoms with van der Waals surface area (Å²) in [6.45, 7) is 10.7. The molecule has 1 atom stereocenters. The van der Waals surface area contributed by atoms with Gasteiger partial charge >= 0.3 is 0 Å². The van der Waals surface area contributed by atoms with Gasteiger partial charge in [0.2, 0.25) is 0 Å². The smallest absolute Gasteiger partial charge is 0.122 e. The third-order valence-electron chi connectivity index (χ3n) is 3.90. The zero-order chi connectivity index (χ0) is 15.5. The van der Waals surface area contributed by atoms with E-state index in [1.54, 1.807) is 0 Å². The lowest BCUT2D eigenvalue weighted by Crippen LogP contribution is -2.19. The number of unbranched alkanes of at least 4 members (excludes halogenated alkanes) is 4. The second-order valence-electron chi connectivity index (χ2n) is 5.96. The van der Waals surface area contributed by atoms with Gasteiger partial charge in [-0.3, -0.25) is 0 Å². The van der Waals surface area contributed by atoms with Gasteiger partial charge in [0.25, 0.3) is 0 Å². The first-order valence-corrected chi connectivity index (χ1v) is 8.65. The molecule has 21 heavy (non-hydrogen) atoms. The highest BCUT2D eigenvalue weighted by molar-refractivity contribution is 5.37. The minimum atomic E-state index is 0.409. The molecule has 0 amide bonds. The quantitative estimate of drug-likeness (QED) is 0.551. The van der Waals surface area contributed by atoms with Crippen LogP contribution in [0.3, 0.4) is 0 Å². The van der Waals surface area contributed by atoms with Gasteiger partial charge < -0.3 is 10.1 Å². The molecular formula is C19H33NO. The maximum atomic E-state index is 5.91. The molecule has 1 N–H and O–H groups in total. The van der Waals surface area contributed by atoms with Crippen LogP contribution < -0.4 is 10.1 Å². The van der Waals surface area contributed by atoms with Crippen molar-refractivity contribution in [2.24, 2.45) is 0 Å². The molecule has 120 valence electrons. The molecule has 0 aromatic heterocycles. The van der Waals surface area contributed by atoms with Crippen LogP contribution in [0.15, 0.2) is 18.2 Å². The van der Waals surface area contributed by atoms with Crippen LogP contribution in [0, 0.1) is 6.92 Å². The Morgan fingerprint density at radius 2 is 1.81 bits per heavy atom. The van der Waals surface area contributed by atoms with Crippen molar-refractivity contribution in [2.45, 2.75) is 72.3 Å². The molecular weight excluding hydrogens is 258 g/mol. The van der Waals surface area contributed by atoms with E-state index in [-0.39, 0.29) is 0 Å². The van der Waals surface area contributed by atoms with Crippen molar-refractivity contribution in [1.82, 2.24) is 5.32 Å². The van der Waals surface area contributed by atoms with Gasteiger partial charge in [0.15, 0.2) is 0 Å². The molecule has 0 fully saturated rings. The normalized spacial score (nSPS) is 12.4. The van der Waals surface area contributed by atoms with Crippen LogP contribution in [-0.4, -0.2) is 13.2 Å². The molecule has 1 aromatic carbocycles. The van der Waals surface area contributed by atoms with E-state index in [0.29, 0.717) is 6.04 Å². The lowest BCUT2D eigenvalue weighted by atomic mass is 10.0. The summed E-state index contributed by atoms with van der Waals surface area (Å²) in [5.41, 5.74) is 2.59. The molecule has 0 spiro atoms. The van der Waals surface area contributed by atoms with Crippen LogP contribution in [0.2, 0.25) is 0 Å². The number of ether oxygens (including phenoxy) is 1. The van der Waals surface area contributed by atoms with Crippen molar-refractivity contribution in [2.75, 3.05) is 13.2 Å². The molecule has 0 saturated heterocycles. The maximum Gasteiger partial charge on any atom is 0.122 e. The third kappa shape index (κ3) is 6.99. The molecule has 0 aliphatic rings. The van der Waals surface area contributed by atoms with E-state index in [2.05, 4.69) is 51.2 Å². The Bertz CT molecular complexity index is 389. The Hall–Kier alpha value is -1.02. The van der Waals surface area contributed by atoms with Gasteiger partial charge in [-0.1, -0.05) is 51.7 Å². The lowest BCUT2D eigenvalue weighted by Gasteiger charge is -2.16. The fourth-order valence-corrected chi connectivity index (χ4v) is 2.47. The highest BCUT2D eigenvalue weighted by Gasteiger charge is 2.07. The van der Waals surface area contributed by atoms with Gasteiger partial charge in [-0.2, -0.15) is 0 Å². The fraction of sp³-hybridized carbons (Fsp3) is 0.684. The van der Waals surface area contributed by atoms with E-state index < -0.39 is 0 Å². The molecule has 1 aromatic rings. The van der Waals surface area contributed by atoms with Gasteiger partial charge in [-0.05, 0) is 50.4 Å².